The average Bonchev–Trinajstić information content (AvgIpc) is 3.20. The zero-order valence-electron chi connectivity index (χ0n) is 20.4. The minimum absolute atomic E-state index is 0.218. The normalized spacial score (nSPS) is 12.6. The van der Waals surface area contributed by atoms with Gasteiger partial charge in [-0.05, 0) is 38.0 Å². The fraction of sp³-hybridized carbons (Fsp3) is 0.346. The monoisotopic (exact) mass is 483 g/mol. The number of H-pyrrole nitrogens is 1. The summed E-state index contributed by atoms with van der Waals surface area (Å²) in [6.07, 6.45) is 1.86. The molecule has 0 aliphatic rings. The number of ether oxygens (including phenoxy) is 2. The van der Waals surface area contributed by atoms with Crippen molar-refractivity contribution in [2.75, 3.05) is 7.11 Å². The van der Waals surface area contributed by atoms with Gasteiger partial charge in [-0.2, -0.15) is 0 Å². The molecule has 2 aromatic carbocycles. The van der Waals surface area contributed by atoms with Crippen LogP contribution in [0.25, 0.3) is 10.9 Å². The Bertz CT molecular complexity index is 1120. The van der Waals surface area contributed by atoms with E-state index < -0.39 is 29.7 Å². The Morgan fingerprint density at radius 2 is 1.66 bits per heavy atom. The maximum atomic E-state index is 11.6. The topological polar surface area (TPSA) is 144 Å². The van der Waals surface area contributed by atoms with E-state index in [0.29, 0.717) is 6.42 Å². The number of esters is 1. The Hall–Kier alpha value is -3.85. The van der Waals surface area contributed by atoms with Crippen LogP contribution < -0.4 is 11.1 Å². The molecule has 1 heterocycles. The molecule has 0 saturated heterocycles. The molecule has 0 radical (unpaired) electrons. The largest absolute Gasteiger partial charge is 0.480 e. The van der Waals surface area contributed by atoms with Crippen molar-refractivity contribution in [3.63, 3.8) is 0 Å². The molecule has 5 N–H and O–H groups in total. The molecule has 0 fully saturated rings. The second-order valence-corrected chi connectivity index (χ2v) is 8.92. The summed E-state index contributed by atoms with van der Waals surface area (Å²) in [4.78, 5) is 37.1. The first-order valence-electron chi connectivity index (χ1n) is 11.1. The Morgan fingerprint density at radius 1 is 1.03 bits per heavy atom. The van der Waals surface area contributed by atoms with Gasteiger partial charge in [-0.25, -0.2) is 9.59 Å². The summed E-state index contributed by atoms with van der Waals surface area (Å²) in [7, 11) is 1.34. The van der Waals surface area contributed by atoms with Crippen LogP contribution in [0.2, 0.25) is 0 Å². The lowest BCUT2D eigenvalue weighted by atomic mass is 10.1. The summed E-state index contributed by atoms with van der Waals surface area (Å²) in [6.45, 7) is 5.17. The summed E-state index contributed by atoms with van der Waals surface area (Å²) in [5.41, 5.74) is 7.99. The Morgan fingerprint density at radius 3 is 2.26 bits per heavy atom. The van der Waals surface area contributed by atoms with Crippen molar-refractivity contribution in [1.29, 1.82) is 0 Å². The summed E-state index contributed by atoms with van der Waals surface area (Å²) in [5, 5.41) is 12.6. The second-order valence-electron chi connectivity index (χ2n) is 8.92. The van der Waals surface area contributed by atoms with Gasteiger partial charge in [0.15, 0.2) is 0 Å². The van der Waals surface area contributed by atoms with E-state index in [2.05, 4.69) is 15.0 Å². The molecule has 1 aromatic heterocycles. The zero-order valence-corrected chi connectivity index (χ0v) is 20.4. The average molecular weight is 484 g/mol. The Balaban J connectivity index is 0.000000250. The molecule has 1 amide bonds. The van der Waals surface area contributed by atoms with Gasteiger partial charge in [0.25, 0.3) is 0 Å². The molecule has 0 saturated carbocycles. The SMILES string of the molecule is CC(C)(C)OC(=O)NC(Cc1ccccc1)C(=O)O.COC(=O)C(N)Cc1c[nH]c2ccccc12. The van der Waals surface area contributed by atoms with Crippen LogP contribution in [-0.2, 0) is 31.9 Å². The van der Waals surface area contributed by atoms with Crippen LogP contribution in [0.3, 0.4) is 0 Å². The molecule has 3 aromatic rings. The van der Waals surface area contributed by atoms with Gasteiger partial charge in [-0.15, -0.1) is 0 Å². The zero-order chi connectivity index (χ0) is 26.0. The number of carboxylic acids is 1. The number of alkyl carbamates (subject to hydrolysis) is 1. The van der Waals surface area contributed by atoms with E-state index in [9.17, 15) is 14.4 Å². The lowest BCUT2D eigenvalue weighted by molar-refractivity contribution is -0.142. The molecular weight excluding hydrogens is 450 g/mol. The van der Waals surface area contributed by atoms with E-state index in [1.807, 2.05) is 60.8 Å². The number of hydrogen-bond donors (Lipinski definition) is 4. The first-order chi connectivity index (χ1) is 16.5. The van der Waals surface area contributed by atoms with Crippen LogP contribution in [0.1, 0.15) is 31.9 Å². The number of benzene rings is 2. The lowest BCUT2D eigenvalue weighted by Gasteiger charge is -2.22. The van der Waals surface area contributed by atoms with Crippen molar-refractivity contribution < 1.29 is 29.0 Å². The highest BCUT2D eigenvalue weighted by atomic mass is 16.6. The van der Waals surface area contributed by atoms with Crippen molar-refractivity contribution in [3.8, 4) is 0 Å². The van der Waals surface area contributed by atoms with E-state index in [1.165, 1.54) is 7.11 Å². The highest BCUT2D eigenvalue weighted by Crippen LogP contribution is 2.18. The predicted molar refractivity (Wildman–Crippen MR) is 133 cm³/mol. The number of rotatable bonds is 7. The van der Waals surface area contributed by atoms with Crippen molar-refractivity contribution in [2.24, 2.45) is 5.73 Å². The number of methoxy groups -OCH3 is 1. The third-order valence-electron chi connectivity index (χ3n) is 4.89. The third-order valence-corrected chi connectivity index (χ3v) is 4.89. The molecular formula is C26H33N3O6. The number of amides is 1. The van der Waals surface area contributed by atoms with Gasteiger partial charge in [0.2, 0.25) is 0 Å². The standard InChI is InChI=1S/C14H19NO4.C12H14N2O2/c1-14(2,3)19-13(18)15-11(12(16)17)9-10-7-5-4-6-8-10;1-16-12(15)10(13)6-8-7-14-11-5-3-2-4-9(8)11/h4-8,11H,9H2,1-3H3,(H,15,18)(H,16,17);2-5,7,10,14H,6,13H2,1H3. The summed E-state index contributed by atoms with van der Waals surface area (Å²) in [6, 6.07) is 15.4. The molecule has 188 valence electrons. The van der Waals surface area contributed by atoms with Crippen molar-refractivity contribution in [1.82, 2.24) is 10.3 Å². The number of aliphatic carboxylic acids is 1. The molecule has 0 aliphatic carbocycles. The highest BCUT2D eigenvalue weighted by Gasteiger charge is 2.24. The van der Waals surface area contributed by atoms with Crippen LogP contribution in [0.15, 0.2) is 60.8 Å². The second kappa shape index (κ2) is 12.6. The Labute approximate surface area is 204 Å². The molecule has 0 bridgehead atoms. The van der Waals surface area contributed by atoms with Crippen LogP contribution in [0, 0.1) is 0 Å². The van der Waals surface area contributed by atoms with Gasteiger partial charge >= 0.3 is 18.0 Å². The number of hydrogen-bond acceptors (Lipinski definition) is 6. The van der Waals surface area contributed by atoms with Gasteiger partial charge in [0, 0.05) is 29.9 Å². The lowest BCUT2D eigenvalue weighted by Crippen LogP contribution is -2.44. The van der Waals surface area contributed by atoms with Crippen LogP contribution in [0.4, 0.5) is 4.79 Å². The molecule has 3 rings (SSSR count). The summed E-state index contributed by atoms with van der Waals surface area (Å²) < 4.78 is 9.64. The van der Waals surface area contributed by atoms with Crippen molar-refractivity contribution >= 4 is 28.9 Å². The molecule has 35 heavy (non-hydrogen) atoms. The molecule has 2 unspecified atom stereocenters. The van der Waals surface area contributed by atoms with Crippen LogP contribution in [0.5, 0.6) is 0 Å². The number of carboxylic acid groups (broad SMARTS) is 1. The molecule has 9 nitrogen and oxygen atoms in total. The van der Waals surface area contributed by atoms with Crippen LogP contribution in [-0.4, -0.2) is 52.9 Å². The maximum absolute atomic E-state index is 11.6. The number of aromatic amines is 1. The van der Waals surface area contributed by atoms with Crippen LogP contribution >= 0.6 is 0 Å². The molecule has 0 aliphatic heterocycles. The first-order valence-corrected chi connectivity index (χ1v) is 11.1. The van der Waals surface area contributed by atoms with Gasteiger partial charge in [0.1, 0.15) is 17.7 Å². The molecule has 9 heteroatoms. The van der Waals surface area contributed by atoms with Gasteiger partial charge < -0.3 is 30.6 Å². The smallest absolute Gasteiger partial charge is 0.408 e. The van der Waals surface area contributed by atoms with Crippen molar-refractivity contribution in [2.45, 2.75) is 51.3 Å². The molecule has 0 spiro atoms. The number of fused-ring (bicyclic) bond motifs is 1. The van der Waals surface area contributed by atoms with Crippen molar-refractivity contribution in [3.05, 3.63) is 71.9 Å². The quantitative estimate of drug-likeness (QED) is 0.377. The van der Waals surface area contributed by atoms with E-state index in [4.69, 9.17) is 15.6 Å². The minimum atomic E-state index is -1.09. The number of carbonyl (C=O) groups is 3. The third kappa shape index (κ3) is 9.13. The van der Waals surface area contributed by atoms with E-state index in [0.717, 1.165) is 22.0 Å². The predicted octanol–water partition coefficient (Wildman–Crippen LogP) is 3.42. The van der Waals surface area contributed by atoms with Gasteiger partial charge in [0.05, 0.1) is 7.11 Å². The number of para-hydroxylation sites is 1. The first kappa shape index (κ1) is 27.4. The maximum Gasteiger partial charge on any atom is 0.408 e. The fourth-order valence-corrected chi connectivity index (χ4v) is 3.27. The van der Waals surface area contributed by atoms with E-state index in [1.54, 1.807) is 20.8 Å². The van der Waals surface area contributed by atoms with E-state index in [-0.39, 0.29) is 12.4 Å². The number of carbonyl (C=O) groups excluding carboxylic acids is 2. The number of nitrogens with one attached hydrogen (secondary N) is 2. The van der Waals surface area contributed by atoms with Gasteiger partial charge in [-0.1, -0.05) is 48.5 Å². The van der Waals surface area contributed by atoms with E-state index >= 15 is 0 Å². The van der Waals surface area contributed by atoms with Gasteiger partial charge in [-0.3, -0.25) is 4.79 Å². The summed E-state index contributed by atoms with van der Waals surface area (Å²) in [5.74, 6) is -1.47. The minimum Gasteiger partial charge on any atom is -0.480 e. The summed E-state index contributed by atoms with van der Waals surface area (Å²) >= 11 is 0. The number of aromatic nitrogens is 1. The number of nitrogens with two attached hydrogens (primary N) is 1. The fourth-order valence-electron chi connectivity index (χ4n) is 3.27. The Kier molecular flexibility index (Phi) is 9.84. The highest BCUT2D eigenvalue weighted by molar-refractivity contribution is 5.84. The molecule has 2 atom stereocenters.